The van der Waals surface area contributed by atoms with E-state index in [4.69, 9.17) is 14.3 Å². The van der Waals surface area contributed by atoms with Crippen LogP contribution in [0.1, 0.15) is 160 Å². The molecule has 1 aromatic rings. The van der Waals surface area contributed by atoms with Crippen molar-refractivity contribution in [1.82, 2.24) is 0 Å². The van der Waals surface area contributed by atoms with Gasteiger partial charge < -0.3 is 24.5 Å². The van der Waals surface area contributed by atoms with E-state index < -0.39 is 11.2 Å². The van der Waals surface area contributed by atoms with Crippen LogP contribution in [0.4, 0.5) is 0 Å². The molecule has 4 aliphatic rings. The molecule has 5 rings (SSSR count). The van der Waals surface area contributed by atoms with E-state index in [9.17, 15) is 19.8 Å². The van der Waals surface area contributed by atoms with Crippen molar-refractivity contribution in [2.75, 3.05) is 6.61 Å². The van der Waals surface area contributed by atoms with E-state index in [1.165, 1.54) is 44.6 Å². The molecule has 0 spiro atoms. The Morgan fingerprint density at radius 3 is 2.07 bits per heavy atom. The van der Waals surface area contributed by atoms with Crippen LogP contribution in [-0.4, -0.2) is 45.2 Å². The molecule has 45 heavy (non-hydrogen) atoms. The van der Waals surface area contributed by atoms with Gasteiger partial charge >= 0.3 is 11.6 Å². The number of aliphatic hydroxyl groups is 3. The van der Waals surface area contributed by atoms with Crippen LogP contribution >= 0.6 is 0 Å². The van der Waals surface area contributed by atoms with Crippen LogP contribution in [0.5, 0.6) is 0 Å². The molecule has 0 aromatic carbocycles. The summed E-state index contributed by atoms with van der Waals surface area (Å²) >= 11 is 0. The minimum Gasteiger partial charge on any atom is -0.462 e. The van der Waals surface area contributed by atoms with Crippen LogP contribution in [-0.2, 0) is 9.53 Å². The number of ether oxygens (including phenoxy) is 1. The van der Waals surface area contributed by atoms with Crippen LogP contribution in [0.2, 0.25) is 0 Å². The number of carbonyl (C=O) groups is 1. The van der Waals surface area contributed by atoms with E-state index in [0.717, 1.165) is 82.6 Å². The molecule has 0 saturated heterocycles. The van der Waals surface area contributed by atoms with E-state index in [0.29, 0.717) is 25.9 Å². The molecule has 254 valence electrons. The van der Waals surface area contributed by atoms with Crippen molar-refractivity contribution < 1.29 is 29.3 Å². The lowest BCUT2D eigenvalue weighted by atomic mass is 9.42. The number of aliphatic hydroxyl groups excluding tert-OH is 1. The van der Waals surface area contributed by atoms with Crippen LogP contribution < -0.4 is 5.63 Å². The predicted molar refractivity (Wildman–Crippen MR) is 175 cm³/mol. The lowest BCUT2D eigenvalue weighted by Gasteiger charge is -2.66. The molecule has 0 amide bonds. The maximum Gasteiger partial charge on any atom is 0.335 e. The van der Waals surface area contributed by atoms with Gasteiger partial charge in [0.2, 0.25) is 0 Å². The highest BCUT2D eigenvalue weighted by Gasteiger charge is 2.70. The fourth-order valence-electron chi connectivity index (χ4n) is 10.6. The summed E-state index contributed by atoms with van der Waals surface area (Å²) in [6, 6.07) is 3.36. The smallest absolute Gasteiger partial charge is 0.335 e. The molecular weight excluding hydrogens is 568 g/mol. The molecule has 7 heteroatoms. The molecule has 4 saturated carbocycles. The van der Waals surface area contributed by atoms with Crippen molar-refractivity contribution in [3.05, 3.63) is 34.4 Å². The molecule has 8 atom stereocenters. The first kappa shape index (κ1) is 34.6. The van der Waals surface area contributed by atoms with Crippen LogP contribution in [0.15, 0.2) is 27.6 Å². The number of hydrogen-bond acceptors (Lipinski definition) is 7. The molecular formula is C38H60O7. The normalized spacial score (nSPS) is 37.4. The summed E-state index contributed by atoms with van der Waals surface area (Å²) in [5.74, 6) is 0.373. The van der Waals surface area contributed by atoms with Gasteiger partial charge in [0.15, 0.2) is 0 Å². The van der Waals surface area contributed by atoms with Gasteiger partial charge in [0, 0.05) is 30.9 Å². The average Bonchev–Trinajstić information content (AvgIpc) is 3.29. The molecule has 1 heterocycles. The molecule has 4 fully saturated rings. The molecule has 1 aromatic heterocycles. The van der Waals surface area contributed by atoms with Crippen LogP contribution in [0.3, 0.4) is 0 Å². The Morgan fingerprint density at radius 1 is 0.800 bits per heavy atom. The summed E-state index contributed by atoms with van der Waals surface area (Å²) in [6.07, 6.45) is 21.4. The lowest BCUT2D eigenvalue weighted by Crippen LogP contribution is -2.67. The number of hydrogen-bond donors (Lipinski definition) is 3. The Bertz CT molecular complexity index is 1160. The summed E-state index contributed by atoms with van der Waals surface area (Å²) in [5, 5.41) is 33.5. The van der Waals surface area contributed by atoms with Gasteiger partial charge in [0.1, 0.15) is 6.10 Å². The van der Waals surface area contributed by atoms with Crippen molar-refractivity contribution in [2.45, 2.75) is 172 Å². The van der Waals surface area contributed by atoms with Crippen molar-refractivity contribution in [3.8, 4) is 0 Å². The summed E-state index contributed by atoms with van der Waals surface area (Å²) in [6.45, 7) is 4.78. The van der Waals surface area contributed by atoms with Gasteiger partial charge in [-0.25, -0.2) is 4.79 Å². The van der Waals surface area contributed by atoms with E-state index in [1.54, 1.807) is 6.26 Å². The van der Waals surface area contributed by atoms with Crippen LogP contribution in [0.25, 0.3) is 0 Å². The lowest BCUT2D eigenvalue weighted by molar-refractivity contribution is -0.255. The molecule has 0 aliphatic heterocycles. The van der Waals surface area contributed by atoms with E-state index in [2.05, 4.69) is 13.8 Å². The summed E-state index contributed by atoms with van der Waals surface area (Å²) in [7, 11) is 0. The zero-order valence-electron chi connectivity index (χ0n) is 28.1. The minimum atomic E-state index is -0.888. The highest BCUT2D eigenvalue weighted by Crippen LogP contribution is 2.71. The monoisotopic (exact) mass is 628 g/mol. The van der Waals surface area contributed by atoms with Crippen molar-refractivity contribution >= 4 is 5.97 Å². The van der Waals surface area contributed by atoms with Gasteiger partial charge in [0.05, 0.1) is 17.5 Å². The third-order valence-corrected chi connectivity index (χ3v) is 13.4. The number of unbranched alkanes of at least 4 members (excludes halogenated alkanes) is 10. The molecule has 0 bridgehead atoms. The quantitative estimate of drug-likeness (QED) is 0.135. The molecule has 4 aliphatic carbocycles. The number of esters is 1. The molecule has 3 N–H and O–H groups in total. The third kappa shape index (κ3) is 6.97. The van der Waals surface area contributed by atoms with Gasteiger partial charge in [-0.1, -0.05) is 71.6 Å². The molecule has 0 radical (unpaired) electrons. The Labute approximate surface area is 270 Å². The van der Waals surface area contributed by atoms with Gasteiger partial charge in [0.25, 0.3) is 0 Å². The fourth-order valence-corrected chi connectivity index (χ4v) is 10.6. The molecule has 0 unspecified atom stereocenters. The van der Waals surface area contributed by atoms with Crippen molar-refractivity contribution in [2.24, 2.45) is 22.7 Å². The second kappa shape index (κ2) is 14.6. The Morgan fingerprint density at radius 2 is 1.42 bits per heavy atom. The Kier molecular flexibility index (Phi) is 11.2. The first-order valence-corrected chi connectivity index (χ1v) is 18.4. The van der Waals surface area contributed by atoms with Gasteiger partial charge in [-0.15, -0.1) is 0 Å². The summed E-state index contributed by atoms with van der Waals surface area (Å²) in [5.41, 5.74) is -1.66. The zero-order chi connectivity index (χ0) is 32.1. The summed E-state index contributed by atoms with van der Waals surface area (Å²) in [4.78, 5) is 24.4. The van der Waals surface area contributed by atoms with Crippen LogP contribution in [0, 0.1) is 22.7 Å². The van der Waals surface area contributed by atoms with Gasteiger partial charge in [-0.2, -0.15) is 0 Å². The first-order valence-electron chi connectivity index (χ1n) is 18.4. The van der Waals surface area contributed by atoms with E-state index >= 15 is 0 Å². The second-order valence-electron chi connectivity index (χ2n) is 15.8. The number of fused-ring (bicyclic) bond motifs is 5. The largest absolute Gasteiger partial charge is 0.462 e. The topological polar surface area (TPSA) is 117 Å². The maximum absolute atomic E-state index is 12.8. The van der Waals surface area contributed by atoms with Crippen molar-refractivity contribution in [3.63, 3.8) is 0 Å². The first-order chi connectivity index (χ1) is 21.6. The van der Waals surface area contributed by atoms with Gasteiger partial charge in [-0.05, 0) is 99.0 Å². The standard InChI is InChI=1S/C38H60O7/c1-35-21-17-29(45-34(41)14-12-10-8-6-4-3-5-7-9-11-13-25-39)26-37(35,42)23-19-32-31(35)18-22-36(2)30(20-24-38(32,36)43)28-15-16-33(40)44-27-28/h15-16,27,29-32,39,42-43H,3-14,17-26H2,1-2H3/t29-,30+,31-,32+,35+,36+,37-,38-/m0/s1. The summed E-state index contributed by atoms with van der Waals surface area (Å²) < 4.78 is 11.2. The number of rotatable bonds is 15. The SMILES string of the molecule is C[C@]12CC[C@H](OC(=O)CCCCCCCCCCCCCO)C[C@@]1(O)CC[C@@H]1[C@@H]2CC[C@]2(C)[C@@H](c3ccc(=O)oc3)CC[C@]12O. The Hall–Kier alpha value is -1.70. The van der Waals surface area contributed by atoms with E-state index in [1.807, 2.05) is 6.07 Å². The average molecular weight is 629 g/mol. The highest BCUT2D eigenvalue weighted by atomic mass is 16.5. The number of carbonyl (C=O) groups excluding carboxylic acids is 1. The maximum atomic E-state index is 12.8. The fraction of sp³-hybridized carbons (Fsp3) is 0.842. The Balaban J connectivity index is 1.07. The zero-order valence-corrected chi connectivity index (χ0v) is 28.1. The minimum absolute atomic E-state index is 0.123. The highest BCUT2D eigenvalue weighted by molar-refractivity contribution is 5.69. The second-order valence-corrected chi connectivity index (χ2v) is 15.8. The third-order valence-electron chi connectivity index (χ3n) is 13.4. The van der Waals surface area contributed by atoms with Gasteiger partial charge in [-0.3, -0.25) is 4.79 Å². The predicted octanol–water partition coefficient (Wildman–Crippen LogP) is 7.58. The van der Waals surface area contributed by atoms with E-state index in [-0.39, 0.29) is 46.3 Å². The molecule has 7 nitrogen and oxygen atoms in total. The van der Waals surface area contributed by atoms with Crippen molar-refractivity contribution in [1.29, 1.82) is 0 Å².